The van der Waals surface area contributed by atoms with Crippen molar-refractivity contribution in [2.45, 2.75) is 6.61 Å². The summed E-state index contributed by atoms with van der Waals surface area (Å²) in [6, 6.07) is 14.6. The average Bonchev–Trinajstić information content (AvgIpc) is 2.83. The molecule has 0 aliphatic heterocycles. The highest BCUT2D eigenvalue weighted by atomic mass is 79.9. The fourth-order valence-corrected chi connectivity index (χ4v) is 3.26. The average molecular weight is 527 g/mol. The molecule has 0 radical (unpaired) electrons. The third kappa shape index (κ3) is 5.93. The van der Waals surface area contributed by atoms with Crippen LogP contribution in [0, 0.1) is 27.3 Å². The van der Waals surface area contributed by atoms with Gasteiger partial charge in [0.2, 0.25) is 0 Å². The van der Waals surface area contributed by atoms with Crippen LogP contribution in [0.3, 0.4) is 0 Å². The number of hydrogen-bond donors (Lipinski definition) is 1. The highest BCUT2D eigenvalue weighted by Crippen LogP contribution is 2.33. The third-order valence-electron chi connectivity index (χ3n) is 4.51. The van der Waals surface area contributed by atoms with E-state index in [4.69, 9.17) is 14.7 Å². The summed E-state index contributed by atoms with van der Waals surface area (Å²) in [4.78, 5) is 22.6. The first-order valence-corrected chi connectivity index (χ1v) is 10.4. The lowest BCUT2D eigenvalue weighted by Crippen LogP contribution is -2.19. The smallest absolute Gasteiger partial charge is 0.274 e. The predicted molar refractivity (Wildman–Crippen MR) is 124 cm³/mol. The molecule has 3 aromatic carbocycles. The number of amides is 1. The van der Waals surface area contributed by atoms with Crippen LogP contribution in [-0.4, -0.2) is 24.2 Å². The maximum absolute atomic E-state index is 14.0. The fourth-order valence-electron chi connectivity index (χ4n) is 2.83. The summed E-state index contributed by atoms with van der Waals surface area (Å²) in [7, 11) is 1.44. The zero-order valence-electron chi connectivity index (χ0n) is 17.6. The lowest BCUT2D eigenvalue weighted by atomic mass is 10.1. The highest BCUT2D eigenvalue weighted by molar-refractivity contribution is 9.10. The minimum absolute atomic E-state index is 0.0382. The Bertz CT molecular complexity index is 1320. The molecule has 11 heteroatoms. The number of non-ortho nitro benzene ring substituents is 1. The first kappa shape index (κ1) is 24.3. The number of hydrazone groups is 1. The van der Waals surface area contributed by atoms with E-state index in [-0.39, 0.29) is 23.4 Å². The number of nitriles is 1. The van der Waals surface area contributed by atoms with E-state index in [9.17, 15) is 19.3 Å². The van der Waals surface area contributed by atoms with E-state index in [1.54, 1.807) is 30.3 Å². The molecule has 0 aliphatic carbocycles. The van der Waals surface area contributed by atoms with Crippen molar-refractivity contribution in [3.63, 3.8) is 0 Å². The summed E-state index contributed by atoms with van der Waals surface area (Å²) in [5.74, 6) is -0.876. The van der Waals surface area contributed by atoms with Crippen LogP contribution in [0.2, 0.25) is 0 Å². The van der Waals surface area contributed by atoms with Crippen LogP contribution >= 0.6 is 15.9 Å². The number of nitrogens with zero attached hydrogens (tertiary/aromatic N) is 3. The van der Waals surface area contributed by atoms with Crippen molar-refractivity contribution in [2.75, 3.05) is 7.11 Å². The van der Waals surface area contributed by atoms with Gasteiger partial charge in [-0.15, -0.1) is 0 Å². The second-order valence-electron chi connectivity index (χ2n) is 6.75. The number of ether oxygens (including phenoxy) is 2. The van der Waals surface area contributed by atoms with Crippen LogP contribution in [0.15, 0.2) is 64.2 Å². The number of halogens is 2. The van der Waals surface area contributed by atoms with Gasteiger partial charge in [0, 0.05) is 22.2 Å². The van der Waals surface area contributed by atoms with Crippen molar-refractivity contribution >= 4 is 33.7 Å². The van der Waals surface area contributed by atoms with Crippen molar-refractivity contribution in [1.29, 1.82) is 5.26 Å². The number of nitro groups is 1. The van der Waals surface area contributed by atoms with Crippen molar-refractivity contribution in [2.24, 2.45) is 5.10 Å². The van der Waals surface area contributed by atoms with Crippen LogP contribution in [0.5, 0.6) is 11.5 Å². The molecule has 0 atom stereocenters. The molecular formula is C23H16BrFN4O5. The van der Waals surface area contributed by atoms with Gasteiger partial charge < -0.3 is 9.47 Å². The Morgan fingerprint density at radius 2 is 2.06 bits per heavy atom. The molecule has 0 unspecified atom stereocenters. The molecule has 1 amide bonds. The van der Waals surface area contributed by atoms with Crippen LogP contribution in [0.4, 0.5) is 10.1 Å². The number of methoxy groups -OCH3 is 1. The summed E-state index contributed by atoms with van der Waals surface area (Å²) >= 11 is 3.39. The Balaban J connectivity index is 1.71. The molecule has 0 aliphatic rings. The van der Waals surface area contributed by atoms with Gasteiger partial charge in [-0.2, -0.15) is 10.4 Å². The number of nitro benzene ring substituents is 1. The summed E-state index contributed by atoms with van der Waals surface area (Å²) < 4.78 is 25.6. The Labute approximate surface area is 201 Å². The number of rotatable bonds is 8. The zero-order valence-corrected chi connectivity index (χ0v) is 19.2. The van der Waals surface area contributed by atoms with Crippen LogP contribution in [-0.2, 0) is 6.61 Å². The second-order valence-corrected chi connectivity index (χ2v) is 7.60. The molecule has 172 valence electrons. The topological polar surface area (TPSA) is 127 Å². The second kappa shape index (κ2) is 11.0. The SMILES string of the molecule is COc1cc(/C=N/NC(=O)c2ccc(C#N)cc2F)c(Br)cc1OCc1cccc([N+](=O)[O-])c1. The molecule has 9 nitrogen and oxygen atoms in total. The van der Waals surface area contributed by atoms with E-state index in [0.29, 0.717) is 27.1 Å². The van der Waals surface area contributed by atoms with Crippen molar-refractivity contribution in [3.8, 4) is 17.6 Å². The van der Waals surface area contributed by atoms with Gasteiger partial charge in [-0.05, 0) is 51.8 Å². The Hall–Kier alpha value is -4.30. The van der Waals surface area contributed by atoms with Gasteiger partial charge in [0.1, 0.15) is 12.4 Å². The molecule has 34 heavy (non-hydrogen) atoms. The first-order valence-electron chi connectivity index (χ1n) is 9.59. The van der Waals surface area contributed by atoms with Crippen molar-refractivity contribution in [1.82, 2.24) is 5.43 Å². The van der Waals surface area contributed by atoms with Gasteiger partial charge in [0.25, 0.3) is 11.6 Å². The molecule has 0 heterocycles. The van der Waals surface area contributed by atoms with Gasteiger partial charge >= 0.3 is 0 Å². The molecule has 1 N–H and O–H groups in total. The van der Waals surface area contributed by atoms with Gasteiger partial charge in [-0.1, -0.05) is 12.1 Å². The highest BCUT2D eigenvalue weighted by Gasteiger charge is 2.13. The van der Waals surface area contributed by atoms with Gasteiger partial charge in [0.15, 0.2) is 11.5 Å². The molecule has 0 saturated heterocycles. The van der Waals surface area contributed by atoms with E-state index in [1.807, 2.05) is 0 Å². The molecule has 3 rings (SSSR count). The van der Waals surface area contributed by atoms with E-state index in [2.05, 4.69) is 26.5 Å². The summed E-state index contributed by atoms with van der Waals surface area (Å²) in [5.41, 5.74) is 3.17. The number of carbonyl (C=O) groups excluding carboxylic acids is 1. The Morgan fingerprint density at radius 3 is 2.74 bits per heavy atom. The first-order chi connectivity index (χ1) is 16.3. The zero-order chi connectivity index (χ0) is 24.7. The minimum atomic E-state index is -0.833. The molecular weight excluding hydrogens is 511 g/mol. The number of hydrogen-bond acceptors (Lipinski definition) is 7. The summed E-state index contributed by atoms with van der Waals surface area (Å²) in [6.45, 7) is 0.0735. The number of nitrogens with one attached hydrogen (secondary N) is 1. The van der Waals surface area contributed by atoms with E-state index >= 15 is 0 Å². The third-order valence-corrected chi connectivity index (χ3v) is 5.20. The minimum Gasteiger partial charge on any atom is -0.493 e. The molecule has 0 saturated carbocycles. The van der Waals surface area contributed by atoms with Crippen molar-refractivity contribution in [3.05, 3.63) is 97.3 Å². The van der Waals surface area contributed by atoms with E-state index in [1.165, 1.54) is 37.6 Å². The van der Waals surface area contributed by atoms with E-state index in [0.717, 1.165) is 6.07 Å². The number of carbonyl (C=O) groups is 1. The summed E-state index contributed by atoms with van der Waals surface area (Å²) in [6.07, 6.45) is 1.33. The monoisotopic (exact) mass is 526 g/mol. The molecule has 0 bridgehead atoms. The standard InChI is InChI=1S/C23H16BrFN4O5/c1-33-21-9-16(12-27-28-23(30)18-6-5-14(11-26)8-20(18)25)19(24)10-22(21)34-13-15-3-2-4-17(7-15)29(31)32/h2-10,12H,13H2,1H3,(H,28,30)/b27-12+. The van der Waals surface area contributed by atoms with Gasteiger partial charge in [-0.25, -0.2) is 9.82 Å². The number of benzene rings is 3. The Morgan fingerprint density at radius 1 is 1.26 bits per heavy atom. The van der Waals surface area contributed by atoms with Crippen LogP contribution in [0.1, 0.15) is 27.0 Å². The van der Waals surface area contributed by atoms with Crippen LogP contribution in [0.25, 0.3) is 0 Å². The fraction of sp³-hybridized carbons (Fsp3) is 0.0870. The molecule has 3 aromatic rings. The van der Waals surface area contributed by atoms with Crippen LogP contribution < -0.4 is 14.9 Å². The Kier molecular flexibility index (Phi) is 7.89. The predicted octanol–water partition coefficient (Wildman–Crippen LogP) is 4.72. The summed E-state index contributed by atoms with van der Waals surface area (Å²) in [5, 5.41) is 23.6. The maximum Gasteiger partial charge on any atom is 0.274 e. The lowest BCUT2D eigenvalue weighted by Gasteiger charge is -2.13. The van der Waals surface area contributed by atoms with E-state index < -0.39 is 16.6 Å². The largest absolute Gasteiger partial charge is 0.493 e. The molecule has 0 fully saturated rings. The maximum atomic E-state index is 14.0. The van der Waals surface area contributed by atoms with Gasteiger partial charge in [0.05, 0.1) is 35.4 Å². The van der Waals surface area contributed by atoms with Crippen molar-refractivity contribution < 1.29 is 23.6 Å². The molecule has 0 aromatic heterocycles. The lowest BCUT2D eigenvalue weighted by molar-refractivity contribution is -0.384. The normalized spacial score (nSPS) is 10.5. The quantitative estimate of drug-likeness (QED) is 0.257. The molecule has 0 spiro atoms. The van der Waals surface area contributed by atoms with Gasteiger partial charge in [-0.3, -0.25) is 14.9 Å².